The van der Waals surface area contributed by atoms with Gasteiger partial charge in [0.1, 0.15) is 0 Å². The number of alkyl halides is 1. The van der Waals surface area contributed by atoms with E-state index in [2.05, 4.69) is 20.2 Å². The Hall–Kier alpha value is -1.67. The maximum Gasteiger partial charge on any atom is 0.233 e. The van der Waals surface area contributed by atoms with Crippen molar-refractivity contribution in [3.05, 3.63) is 24.3 Å². The predicted molar refractivity (Wildman–Crippen MR) is 79.7 cm³/mol. The van der Waals surface area contributed by atoms with Crippen LogP contribution in [0.5, 0.6) is 0 Å². The highest BCUT2D eigenvalue weighted by molar-refractivity contribution is 7.92. The summed E-state index contributed by atoms with van der Waals surface area (Å²) in [6.07, 6.45) is 2.14. The summed E-state index contributed by atoms with van der Waals surface area (Å²) >= 11 is 5.48. The summed E-state index contributed by atoms with van der Waals surface area (Å²) in [6, 6.07) is 7.37. The van der Waals surface area contributed by atoms with Crippen LogP contribution in [0.4, 0.5) is 5.69 Å². The molecule has 0 amide bonds. The van der Waals surface area contributed by atoms with Crippen LogP contribution in [0, 0.1) is 0 Å². The highest BCUT2D eigenvalue weighted by atomic mass is 35.5. The standard InChI is InChI=1S/C12H14ClN5O2S/c13-6-7-21(19,20)15-10-3-1-2-9(8-10)12-14-16-17-18(12)11-4-5-11/h1-3,8,11,15H,4-7H2. The Balaban J connectivity index is 1.88. The minimum atomic E-state index is -3.42. The summed E-state index contributed by atoms with van der Waals surface area (Å²) in [4.78, 5) is 0. The molecule has 1 aliphatic carbocycles. The second-order valence-corrected chi connectivity index (χ2v) is 7.09. The molecule has 2 aromatic rings. The van der Waals surface area contributed by atoms with Crippen molar-refractivity contribution < 1.29 is 8.42 Å². The highest BCUT2D eigenvalue weighted by Crippen LogP contribution is 2.36. The molecule has 112 valence electrons. The molecule has 1 aromatic carbocycles. The van der Waals surface area contributed by atoms with Gasteiger partial charge in [0, 0.05) is 17.1 Å². The van der Waals surface area contributed by atoms with Crippen molar-refractivity contribution in [3.63, 3.8) is 0 Å². The molecule has 1 saturated carbocycles. The molecule has 0 spiro atoms. The van der Waals surface area contributed by atoms with E-state index in [9.17, 15) is 8.42 Å². The second-order valence-electron chi connectivity index (χ2n) is 4.87. The van der Waals surface area contributed by atoms with Crippen LogP contribution in [-0.4, -0.2) is 40.3 Å². The van der Waals surface area contributed by atoms with E-state index in [0.717, 1.165) is 18.4 Å². The smallest absolute Gasteiger partial charge is 0.233 e. The third-order valence-corrected chi connectivity index (χ3v) is 4.83. The van der Waals surface area contributed by atoms with Crippen molar-refractivity contribution in [1.82, 2.24) is 20.2 Å². The zero-order valence-electron chi connectivity index (χ0n) is 11.1. The lowest BCUT2D eigenvalue weighted by Crippen LogP contribution is -2.17. The fraction of sp³-hybridized carbons (Fsp3) is 0.417. The van der Waals surface area contributed by atoms with Gasteiger partial charge in [-0.1, -0.05) is 12.1 Å². The van der Waals surface area contributed by atoms with Gasteiger partial charge in [-0.15, -0.1) is 16.7 Å². The average Bonchev–Trinajstić information content (AvgIpc) is 3.15. The lowest BCUT2D eigenvalue weighted by molar-refractivity contribution is 0.602. The normalized spacial score (nSPS) is 15.1. The molecule has 0 unspecified atom stereocenters. The van der Waals surface area contributed by atoms with E-state index in [-0.39, 0.29) is 11.6 Å². The third kappa shape index (κ3) is 3.33. The Labute approximate surface area is 127 Å². The molecule has 3 rings (SSSR count). The monoisotopic (exact) mass is 327 g/mol. The number of hydrogen-bond acceptors (Lipinski definition) is 5. The number of tetrazole rings is 1. The number of nitrogens with zero attached hydrogens (tertiary/aromatic N) is 4. The zero-order chi connectivity index (χ0) is 14.9. The molecule has 1 fully saturated rings. The summed E-state index contributed by atoms with van der Waals surface area (Å²) in [7, 11) is -3.42. The van der Waals surface area contributed by atoms with Crippen molar-refractivity contribution in [2.24, 2.45) is 0 Å². The Morgan fingerprint density at radius 2 is 2.19 bits per heavy atom. The van der Waals surface area contributed by atoms with E-state index in [1.807, 2.05) is 6.07 Å². The lowest BCUT2D eigenvalue weighted by atomic mass is 10.2. The van der Waals surface area contributed by atoms with E-state index in [0.29, 0.717) is 17.6 Å². The first-order valence-corrected chi connectivity index (χ1v) is 8.72. The van der Waals surface area contributed by atoms with E-state index < -0.39 is 10.0 Å². The Morgan fingerprint density at radius 1 is 1.38 bits per heavy atom. The van der Waals surface area contributed by atoms with Crippen LogP contribution in [0.1, 0.15) is 18.9 Å². The molecular weight excluding hydrogens is 314 g/mol. The number of halogens is 1. The highest BCUT2D eigenvalue weighted by Gasteiger charge is 2.28. The van der Waals surface area contributed by atoms with Crippen molar-refractivity contribution in [1.29, 1.82) is 0 Å². The van der Waals surface area contributed by atoms with Crippen LogP contribution < -0.4 is 4.72 Å². The molecule has 1 aliphatic rings. The second kappa shape index (κ2) is 5.61. The van der Waals surface area contributed by atoms with Gasteiger partial charge in [-0.2, -0.15) is 0 Å². The van der Waals surface area contributed by atoms with Crippen molar-refractivity contribution in [2.45, 2.75) is 18.9 Å². The summed E-state index contributed by atoms with van der Waals surface area (Å²) in [5.41, 5.74) is 1.25. The van der Waals surface area contributed by atoms with Crippen molar-refractivity contribution in [2.75, 3.05) is 16.4 Å². The quantitative estimate of drug-likeness (QED) is 0.815. The van der Waals surface area contributed by atoms with Gasteiger partial charge in [0.2, 0.25) is 10.0 Å². The number of rotatable bonds is 6. The minimum absolute atomic E-state index is 0.0505. The molecule has 0 aliphatic heterocycles. The van der Waals surface area contributed by atoms with E-state index in [4.69, 9.17) is 11.6 Å². The molecule has 0 atom stereocenters. The largest absolute Gasteiger partial charge is 0.283 e. The fourth-order valence-corrected chi connectivity index (χ4v) is 3.40. The lowest BCUT2D eigenvalue weighted by Gasteiger charge is -2.08. The van der Waals surface area contributed by atoms with Crippen molar-refractivity contribution in [3.8, 4) is 11.4 Å². The molecule has 0 saturated heterocycles. The predicted octanol–water partition coefficient (Wildman–Crippen LogP) is 1.66. The van der Waals surface area contributed by atoms with Gasteiger partial charge in [0.25, 0.3) is 0 Å². The van der Waals surface area contributed by atoms with Crippen LogP contribution in [0.25, 0.3) is 11.4 Å². The zero-order valence-corrected chi connectivity index (χ0v) is 12.7. The molecule has 0 bridgehead atoms. The summed E-state index contributed by atoms with van der Waals surface area (Å²) in [5.74, 6) is 0.573. The molecular formula is C12H14ClN5O2S. The van der Waals surface area contributed by atoms with Crippen LogP contribution >= 0.6 is 11.6 Å². The van der Waals surface area contributed by atoms with Gasteiger partial charge in [-0.25, -0.2) is 13.1 Å². The van der Waals surface area contributed by atoms with E-state index in [1.165, 1.54) is 0 Å². The summed E-state index contributed by atoms with van der Waals surface area (Å²) < 4.78 is 27.8. The maximum atomic E-state index is 11.7. The maximum absolute atomic E-state index is 11.7. The molecule has 7 nitrogen and oxygen atoms in total. The van der Waals surface area contributed by atoms with Crippen molar-refractivity contribution >= 4 is 27.3 Å². The number of sulfonamides is 1. The Kier molecular flexibility index (Phi) is 3.81. The number of aromatic nitrogens is 4. The van der Waals surface area contributed by atoms with Crippen LogP contribution in [-0.2, 0) is 10.0 Å². The number of benzene rings is 1. The van der Waals surface area contributed by atoms with Crippen LogP contribution in [0.3, 0.4) is 0 Å². The summed E-state index contributed by atoms with van der Waals surface area (Å²) in [6.45, 7) is 0. The number of hydrogen-bond donors (Lipinski definition) is 1. The number of nitrogens with one attached hydrogen (secondary N) is 1. The van der Waals surface area contributed by atoms with Gasteiger partial charge in [0.15, 0.2) is 5.82 Å². The van der Waals surface area contributed by atoms with Crippen LogP contribution in [0.15, 0.2) is 24.3 Å². The van der Waals surface area contributed by atoms with Gasteiger partial charge >= 0.3 is 0 Å². The molecule has 9 heteroatoms. The average molecular weight is 328 g/mol. The molecule has 0 radical (unpaired) electrons. The first-order valence-electron chi connectivity index (χ1n) is 6.54. The molecule has 1 N–H and O–H groups in total. The SMILES string of the molecule is O=S(=O)(CCCl)Nc1cccc(-c2nnnn2C2CC2)c1. The van der Waals surface area contributed by atoms with E-state index >= 15 is 0 Å². The van der Waals surface area contributed by atoms with Gasteiger partial charge < -0.3 is 0 Å². The topological polar surface area (TPSA) is 89.8 Å². The summed E-state index contributed by atoms with van der Waals surface area (Å²) in [5, 5.41) is 11.7. The molecule has 1 aromatic heterocycles. The third-order valence-electron chi connectivity index (χ3n) is 3.13. The van der Waals surface area contributed by atoms with Gasteiger partial charge in [-0.3, -0.25) is 4.72 Å². The first kappa shape index (κ1) is 14.3. The first-order chi connectivity index (χ1) is 10.1. The number of anilines is 1. The minimum Gasteiger partial charge on any atom is -0.283 e. The Bertz CT molecular complexity index is 742. The van der Waals surface area contributed by atoms with Crippen LogP contribution in [0.2, 0.25) is 0 Å². The fourth-order valence-electron chi connectivity index (χ4n) is 2.00. The molecule has 1 heterocycles. The Morgan fingerprint density at radius 3 is 2.90 bits per heavy atom. The van der Waals surface area contributed by atoms with Gasteiger partial charge in [0.05, 0.1) is 11.8 Å². The van der Waals surface area contributed by atoms with Gasteiger partial charge in [-0.05, 0) is 35.4 Å². The molecule has 21 heavy (non-hydrogen) atoms. The van der Waals surface area contributed by atoms with E-state index in [1.54, 1.807) is 22.9 Å².